The smallest absolute Gasteiger partial charge is 0.497 e. The molecule has 2 aromatic carbocycles. The predicted octanol–water partition coefficient (Wildman–Crippen LogP) is 6.17. The number of benzene rings is 2. The van der Waals surface area contributed by atoms with Gasteiger partial charge in [-0.1, -0.05) is 30.3 Å². The van der Waals surface area contributed by atoms with E-state index in [4.69, 9.17) is 4.74 Å². The summed E-state index contributed by atoms with van der Waals surface area (Å²) in [5.74, 6) is 0.883. The van der Waals surface area contributed by atoms with Gasteiger partial charge >= 0.3 is 7.25 Å². The third-order valence-corrected chi connectivity index (χ3v) is 4.52. The van der Waals surface area contributed by atoms with Gasteiger partial charge in [-0.05, 0) is 37.1 Å². The van der Waals surface area contributed by atoms with Gasteiger partial charge < -0.3 is 22.0 Å². The van der Waals surface area contributed by atoms with Crippen LogP contribution in [-0.2, 0) is 0 Å². The third kappa shape index (κ3) is 6.08. The minimum absolute atomic E-state index is 0.883. The highest BCUT2D eigenvalue weighted by atomic mass is 19.5. The van der Waals surface area contributed by atoms with Crippen LogP contribution in [0.5, 0.6) is 5.75 Å². The Morgan fingerprint density at radius 3 is 1.59 bits per heavy atom. The van der Waals surface area contributed by atoms with Gasteiger partial charge in [0, 0.05) is 37.1 Å². The highest BCUT2D eigenvalue weighted by Gasteiger charge is 2.21. The minimum Gasteiger partial charge on any atom is -0.497 e. The quantitative estimate of drug-likeness (QED) is 0.289. The summed E-state index contributed by atoms with van der Waals surface area (Å²) in [5.41, 5.74) is 8.78. The number of hydrogen-bond donors (Lipinski definition) is 0. The number of aromatic nitrogens is 1. The molecule has 7 heteroatoms. The lowest BCUT2D eigenvalue weighted by Crippen LogP contribution is -2.39. The number of ether oxygens (including phenoxy) is 1. The van der Waals surface area contributed by atoms with Crippen LogP contribution in [0.2, 0.25) is 0 Å². The third-order valence-electron chi connectivity index (χ3n) is 4.52. The van der Waals surface area contributed by atoms with Crippen molar-refractivity contribution < 1.29 is 26.6 Å². The van der Waals surface area contributed by atoms with Crippen molar-refractivity contribution >= 4 is 7.25 Å². The normalized spacial score (nSPS) is 10.9. The Hall–Kier alpha value is -2.83. The first kappa shape index (κ1) is 22.5. The molecule has 0 aliphatic rings. The Morgan fingerprint density at radius 1 is 0.724 bits per heavy atom. The molecule has 0 aliphatic heterocycles. The van der Waals surface area contributed by atoms with Gasteiger partial charge in [0.05, 0.1) is 7.11 Å². The van der Waals surface area contributed by atoms with E-state index >= 15 is 0 Å². The van der Waals surface area contributed by atoms with Crippen molar-refractivity contribution in [2.75, 3.05) is 7.11 Å². The van der Waals surface area contributed by atoms with Crippen molar-refractivity contribution in [2.45, 2.75) is 27.7 Å². The van der Waals surface area contributed by atoms with Crippen LogP contribution in [0.3, 0.4) is 0 Å². The lowest BCUT2D eigenvalue weighted by molar-refractivity contribution is -0.610. The van der Waals surface area contributed by atoms with Crippen LogP contribution in [0, 0.1) is 27.7 Å². The summed E-state index contributed by atoms with van der Waals surface area (Å²) in [4.78, 5) is 0. The first-order valence-electron chi connectivity index (χ1n) is 9.13. The maximum absolute atomic E-state index is 9.75. The number of nitrogens with zero attached hydrogens (tertiary/aromatic N) is 1. The number of halogens is 4. The molecule has 3 aromatic rings. The maximum atomic E-state index is 9.75. The van der Waals surface area contributed by atoms with Crippen molar-refractivity contribution in [2.24, 2.45) is 0 Å². The van der Waals surface area contributed by atoms with Crippen LogP contribution in [0.15, 0.2) is 54.6 Å². The largest absolute Gasteiger partial charge is 0.673 e. The molecule has 0 aliphatic carbocycles. The summed E-state index contributed by atoms with van der Waals surface area (Å²) in [6.07, 6.45) is 0. The monoisotopic (exact) mass is 405 g/mol. The van der Waals surface area contributed by atoms with Gasteiger partial charge in [0.15, 0.2) is 11.4 Å². The van der Waals surface area contributed by atoms with Gasteiger partial charge in [-0.3, -0.25) is 0 Å². The van der Waals surface area contributed by atoms with E-state index in [9.17, 15) is 17.3 Å². The average molecular weight is 405 g/mol. The fourth-order valence-electron chi connectivity index (χ4n) is 3.36. The zero-order valence-electron chi connectivity index (χ0n) is 17.1. The molecule has 0 radical (unpaired) electrons. The van der Waals surface area contributed by atoms with E-state index in [0.717, 1.165) is 5.75 Å². The summed E-state index contributed by atoms with van der Waals surface area (Å²) >= 11 is 0. The van der Waals surface area contributed by atoms with Crippen molar-refractivity contribution in [1.82, 2.24) is 0 Å². The molecule has 154 valence electrons. The van der Waals surface area contributed by atoms with Crippen LogP contribution in [0.1, 0.15) is 22.5 Å². The molecule has 0 bridgehead atoms. The van der Waals surface area contributed by atoms with Crippen LogP contribution in [0.25, 0.3) is 16.8 Å². The zero-order chi connectivity index (χ0) is 21.8. The molecule has 0 amide bonds. The van der Waals surface area contributed by atoms with Gasteiger partial charge in [0.25, 0.3) is 0 Å². The molecule has 0 N–H and O–H groups in total. The van der Waals surface area contributed by atoms with E-state index in [-0.39, 0.29) is 0 Å². The molecule has 0 fully saturated rings. The molecule has 0 saturated heterocycles. The number of rotatable bonds is 3. The molecule has 1 aromatic heterocycles. The van der Waals surface area contributed by atoms with Gasteiger partial charge in [-0.25, -0.2) is 0 Å². The maximum Gasteiger partial charge on any atom is 0.673 e. The van der Waals surface area contributed by atoms with Crippen LogP contribution in [-0.4, -0.2) is 14.4 Å². The number of aryl methyl sites for hydroxylation is 4. The van der Waals surface area contributed by atoms with E-state index in [1.54, 1.807) is 7.11 Å². The lowest BCUT2D eigenvalue weighted by atomic mass is 10.0. The second-order valence-corrected chi connectivity index (χ2v) is 6.83. The number of hydrogen-bond acceptors (Lipinski definition) is 1. The van der Waals surface area contributed by atoms with Gasteiger partial charge in [0.1, 0.15) is 5.75 Å². The topological polar surface area (TPSA) is 13.1 Å². The summed E-state index contributed by atoms with van der Waals surface area (Å²) in [7, 11) is -4.31. The molecular weight excluding hydrogens is 381 g/mol. The molecule has 2 nitrogen and oxygen atoms in total. The first-order valence-corrected chi connectivity index (χ1v) is 9.13. The van der Waals surface area contributed by atoms with E-state index in [0.29, 0.717) is 0 Å². The highest BCUT2D eigenvalue weighted by Crippen LogP contribution is 2.24. The van der Waals surface area contributed by atoms with Crippen molar-refractivity contribution in [3.8, 4) is 22.6 Å². The van der Waals surface area contributed by atoms with Crippen LogP contribution in [0.4, 0.5) is 17.3 Å². The molecule has 29 heavy (non-hydrogen) atoms. The highest BCUT2D eigenvalue weighted by molar-refractivity contribution is 6.50. The van der Waals surface area contributed by atoms with E-state index < -0.39 is 7.25 Å². The molecule has 0 saturated carbocycles. The van der Waals surface area contributed by atoms with Crippen molar-refractivity contribution in [3.63, 3.8) is 0 Å². The van der Waals surface area contributed by atoms with Crippen molar-refractivity contribution in [3.05, 3.63) is 77.1 Å². The number of pyridine rings is 1. The summed E-state index contributed by atoms with van der Waals surface area (Å²) in [6.45, 7) is 8.69. The molecule has 1 heterocycles. The van der Waals surface area contributed by atoms with E-state index in [1.807, 2.05) is 12.1 Å². The standard InChI is InChI=1S/C22H24NO.BF4/c1-15-7-6-8-16(2)22(15)23-17(3)13-20(14-18(23)4)19-9-11-21(24-5)12-10-19;2-1(3,4)5/h6-14H,1-5H3;/q+1;-1. The second kappa shape index (κ2) is 9.12. The molecule has 0 spiro atoms. The first-order chi connectivity index (χ1) is 13.5. The van der Waals surface area contributed by atoms with Crippen LogP contribution >= 0.6 is 0 Å². The van der Waals surface area contributed by atoms with E-state index in [2.05, 4.69) is 74.7 Å². The predicted molar refractivity (Wildman–Crippen MR) is 109 cm³/mol. The molecule has 3 rings (SSSR count). The number of para-hydroxylation sites is 1. The average Bonchev–Trinajstić information content (AvgIpc) is 2.62. The Bertz CT molecular complexity index is 936. The van der Waals surface area contributed by atoms with Gasteiger partial charge in [-0.15, -0.1) is 0 Å². The second-order valence-electron chi connectivity index (χ2n) is 6.83. The Labute approximate surface area is 168 Å². The van der Waals surface area contributed by atoms with E-state index in [1.165, 1.54) is 39.3 Å². The molecular formula is C22H24BF4NO. The fraction of sp³-hybridized carbons (Fsp3) is 0.227. The van der Waals surface area contributed by atoms with Crippen LogP contribution < -0.4 is 9.30 Å². The SMILES string of the molecule is COc1ccc(-c2cc(C)[n+](-c3c(C)cccc3C)c(C)c2)cc1.F[B-](F)(F)F. The summed E-state index contributed by atoms with van der Waals surface area (Å²) < 4.78 is 46.6. The van der Waals surface area contributed by atoms with Gasteiger partial charge in [-0.2, -0.15) is 4.57 Å². The van der Waals surface area contributed by atoms with Crippen molar-refractivity contribution in [1.29, 1.82) is 0 Å². The lowest BCUT2D eigenvalue weighted by Gasteiger charge is -2.11. The molecule has 0 unspecified atom stereocenters. The Morgan fingerprint density at radius 2 is 1.17 bits per heavy atom. The zero-order valence-corrected chi connectivity index (χ0v) is 17.1. The fourth-order valence-corrected chi connectivity index (χ4v) is 3.36. The Kier molecular flexibility index (Phi) is 7.06. The van der Waals surface area contributed by atoms with Gasteiger partial charge in [0.2, 0.25) is 5.69 Å². The minimum atomic E-state index is -6.00. The Balaban J connectivity index is 0.000000537. The summed E-state index contributed by atoms with van der Waals surface area (Å²) in [6, 6.07) is 19.2. The molecule has 0 atom stereocenters. The summed E-state index contributed by atoms with van der Waals surface area (Å²) in [5, 5.41) is 0. The number of methoxy groups -OCH3 is 1.